The number of methoxy groups -OCH3 is 1. The van der Waals surface area contributed by atoms with E-state index in [9.17, 15) is 0 Å². The van der Waals surface area contributed by atoms with Crippen molar-refractivity contribution in [2.45, 2.75) is 26.3 Å². The molecule has 2 heterocycles. The number of ether oxygens (including phenoxy) is 1. The number of nitrogens with zero attached hydrogens (tertiary/aromatic N) is 3. The second kappa shape index (κ2) is 6.52. The van der Waals surface area contributed by atoms with Crippen LogP contribution >= 0.6 is 0 Å². The molecule has 20 heavy (non-hydrogen) atoms. The molecule has 108 valence electrons. The van der Waals surface area contributed by atoms with Gasteiger partial charge in [-0.25, -0.2) is 9.97 Å². The molecule has 0 bridgehead atoms. The Morgan fingerprint density at radius 3 is 2.65 bits per heavy atom. The Labute approximate surface area is 119 Å². The zero-order valence-corrected chi connectivity index (χ0v) is 12.3. The lowest BCUT2D eigenvalue weighted by Gasteiger charge is -2.20. The highest BCUT2D eigenvalue weighted by atomic mass is 16.5. The summed E-state index contributed by atoms with van der Waals surface area (Å²) in [4.78, 5) is 8.49. The minimum absolute atomic E-state index is 0.323. The first-order valence-corrected chi connectivity index (χ1v) is 6.84. The van der Waals surface area contributed by atoms with Gasteiger partial charge in [0, 0.05) is 36.6 Å². The second-order valence-corrected chi connectivity index (χ2v) is 5.24. The van der Waals surface area contributed by atoms with Crippen molar-refractivity contribution in [2.24, 2.45) is 11.7 Å². The van der Waals surface area contributed by atoms with Gasteiger partial charge in [-0.1, -0.05) is 19.9 Å². The van der Waals surface area contributed by atoms with E-state index < -0.39 is 0 Å². The average Bonchev–Trinajstić information content (AvgIpc) is 2.88. The smallest absolute Gasteiger partial charge is 0.212 e. The molecule has 0 fully saturated rings. The molecule has 0 aromatic carbocycles. The number of rotatable bonds is 6. The lowest BCUT2D eigenvalue weighted by Crippen LogP contribution is -2.21. The highest BCUT2D eigenvalue weighted by molar-refractivity contribution is 5.19. The molecule has 2 N–H and O–H groups in total. The fourth-order valence-electron chi connectivity index (χ4n) is 2.33. The van der Waals surface area contributed by atoms with Gasteiger partial charge in [0.05, 0.1) is 20.0 Å². The summed E-state index contributed by atoms with van der Waals surface area (Å²) in [5.41, 5.74) is 8.19. The summed E-state index contributed by atoms with van der Waals surface area (Å²) in [6.07, 6.45) is 5.59. The Morgan fingerprint density at radius 2 is 2.10 bits per heavy atom. The molecule has 0 saturated carbocycles. The maximum Gasteiger partial charge on any atom is 0.212 e. The number of hydrogen-bond acceptors (Lipinski definition) is 4. The number of aromatic nitrogens is 3. The first-order chi connectivity index (χ1) is 9.65. The van der Waals surface area contributed by atoms with E-state index in [0.717, 1.165) is 12.1 Å². The molecule has 0 amide bonds. The Hall–Kier alpha value is -1.88. The summed E-state index contributed by atoms with van der Waals surface area (Å²) in [5.74, 6) is 1.44. The van der Waals surface area contributed by atoms with E-state index in [2.05, 4.69) is 28.4 Å². The predicted molar refractivity (Wildman–Crippen MR) is 78.8 cm³/mol. The van der Waals surface area contributed by atoms with Gasteiger partial charge >= 0.3 is 0 Å². The standard InChI is InChI=1S/C15H22N4O/c1-11(2)13(6-16)14-8-17-10-19(14)9-12-4-5-15(20-3)18-7-12/h4-5,7-8,10-11,13H,6,9,16H2,1-3H3. The van der Waals surface area contributed by atoms with Gasteiger partial charge < -0.3 is 15.0 Å². The molecule has 2 rings (SSSR count). The van der Waals surface area contributed by atoms with Crippen LogP contribution in [0.2, 0.25) is 0 Å². The van der Waals surface area contributed by atoms with Crippen LogP contribution < -0.4 is 10.5 Å². The van der Waals surface area contributed by atoms with Crippen molar-refractivity contribution in [1.82, 2.24) is 14.5 Å². The topological polar surface area (TPSA) is 66.0 Å². The van der Waals surface area contributed by atoms with E-state index in [4.69, 9.17) is 10.5 Å². The molecule has 0 aliphatic heterocycles. The van der Waals surface area contributed by atoms with Gasteiger partial charge in [-0.05, 0) is 11.5 Å². The molecule has 5 heteroatoms. The van der Waals surface area contributed by atoms with Crippen molar-refractivity contribution >= 4 is 0 Å². The molecule has 0 radical (unpaired) electrons. The van der Waals surface area contributed by atoms with E-state index in [1.807, 2.05) is 30.9 Å². The fourth-order valence-corrected chi connectivity index (χ4v) is 2.33. The normalized spacial score (nSPS) is 12.7. The van der Waals surface area contributed by atoms with Crippen LogP contribution in [0, 0.1) is 5.92 Å². The zero-order valence-electron chi connectivity index (χ0n) is 12.3. The molecule has 0 saturated heterocycles. The SMILES string of the molecule is COc1ccc(Cn2cncc2C(CN)C(C)C)cn1. The molecule has 2 aromatic rings. The lowest BCUT2D eigenvalue weighted by molar-refractivity contribution is 0.397. The van der Waals surface area contributed by atoms with E-state index in [1.54, 1.807) is 7.11 Å². The van der Waals surface area contributed by atoms with Crippen molar-refractivity contribution in [3.05, 3.63) is 42.1 Å². The number of pyridine rings is 1. The largest absolute Gasteiger partial charge is 0.481 e. The maximum absolute atomic E-state index is 5.90. The van der Waals surface area contributed by atoms with Gasteiger partial charge in [0.25, 0.3) is 0 Å². The maximum atomic E-state index is 5.90. The first kappa shape index (κ1) is 14.5. The van der Waals surface area contributed by atoms with Gasteiger partial charge in [0.15, 0.2) is 0 Å². The Morgan fingerprint density at radius 1 is 1.30 bits per heavy atom. The van der Waals surface area contributed by atoms with Crippen molar-refractivity contribution < 1.29 is 4.74 Å². The third-order valence-electron chi connectivity index (χ3n) is 3.54. The van der Waals surface area contributed by atoms with Gasteiger partial charge in [0.1, 0.15) is 0 Å². The molecule has 1 unspecified atom stereocenters. The number of imidazole rings is 1. The number of hydrogen-bond donors (Lipinski definition) is 1. The van der Waals surface area contributed by atoms with Crippen LogP contribution in [-0.4, -0.2) is 28.2 Å². The molecule has 2 aromatic heterocycles. The number of nitrogens with two attached hydrogens (primary N) is 1. The van der Waals surface area contributed by atoms with Crippen LogP contribution in [0.5, 0.6) is 5.88 Å². The van der Waals surface area contributed by atoms with Gasteiger partial charge in [-0.3, -0.25) is 0 Å². The van der Waals surface area contributed by atoms with Crippen molar-refractivity contribution in [2.75, 3.05) is 13.7 Å². The van der Waals surface area contributed by atoms with Crippen molar-refractivity contribution in [3.8, 4) is 5.88 Å². The Kier molecular flexibility index (Phi) is 4.74. The minimum Gasteiger partial charge on any atom is -0.481 e. The molecule has 1 atom stereocenters. The molecule has 0 spiro atoms. The van der Waals surface area contributed by atoms with Crippen LogP contribution in [-0.2, 0) is 6.54 Å². The lowest BCUT2D eigenvalue weighted by atomic mass is 9.93. The second-order valence-electron chi connectivity index (χ2n) is 5.24. The summed E-state index contributed by atoms with van der Waals surface area (Å²) in [6, 6.07) is 3.89. The molecule has 0 aliphatic rings. The highest BCUT2D eigenvalue weighted by Gasteiger charge is 2.18. The Bertz CT molecular complexity index is 533. The van der Waals surface area contributed by atoms with E-state index in [1.165, 1.54) is 5.69 Å². The van der Waals surface area contributed by atoms with Gasteiger partial charge in [0.2, 0.25) is 5.88 Å². The monoisotopic (exact) mass is 274 g/mol. The highest BCUT2D eigenvalue weighted by Crippen LogP contribution is 2.23. The van der Waals surface area contributed by atoms with Crippen LogP contribution in [0.15, 0.2) is 30.9 Å². The minimum atomic E-state index is 0.323. The zero-order chi connectivity index (χ0) is 14.5. The summed E-state index contributed by atoms with van der Waals surface area (Å²) < 4.78 is 7.21. The van der Waals surface area contributed by atoms with Crippen LogP contribution in [0.4, 0.5) is 0 Å². The third-order valence-corrected chi connectivity index (χ3v) is 3.54. The summed E-state index contributed by atoms with van der Waals surface area (Å²) >= 11 is 0. The predicted octanol–water partition coefficient (Wildman–Crippen LogP) is 2.03. The van der Waals surface area contributed by atoms with E-state index in [-0.39, 0.29) is 0 Å². The van der Waals surface area contributed by atoms with Gasteiger partial charge in [-0.2, -0.15) is 0 Å². The molecule has 0 aliphatic carbocycles. The average molecular weight is 274 g/mol. The van der Waals surface area contributed by atoms with Crippen LogP contribution in [0.3, 0.4) is 0 Å². The van der Waals surface area contributed by atoms with Crippen LogP contribution in [0.1, 0.15) is 31.0 Å². The summed E-state index contributed by atoms with van der Waals surface area (Å²) in [5, 5.41) is 0. The summed E-state index contributed by atoms with van der Waals surface area (Å²) in [6.45, 7) is 5.74. The quantitative estimate of drug-likeness (QED) is 0.875. The molecular weight excluding hydrogens is 252 g/mol. The summed E-state index contributed by atoms with van der Waals surface area (Å²) in [7, 11) is 1.62. The first-order valence-electron chi connectivity index (χ1n) is 6.84. The van der Waals surface area contributed by atoms with Crippen LogP contribution in [0.25, 0.3) is 0 Å². The van der Waals surface area contributed by atoms with E-state index >= 15 is 0 Å². The third kappa shape index (κ3) is 3.17. The molecular formula is C15H22N4O. The fraction of sp³-hybridized carbons (Fsp3) is 0.467. The van der Waals surface area contributed by atoms with Crippen molar-refractivity contribution in [3.63, 3.8) is 0 Å². The van der Waals surface area contributed by atoms with Gasteiger partial charge in [-0.15, -0.1) is 0 Å². The van der Waals surface area contributed by atoms with E-state index in [0.29, 0.717) is 24.3 Å². The van der Waals surface area contributed by atoms with Crippen molar-refractivity contribution in [1.29, 1.82) is 0 Å². The molecule has 5 nitrogen and oxygen atoms in total. The Balaban J connectivity index is 2.19.